The molecule has 136 valence electrons. The van der Waals surface area contributed by atoms with E-state index in [-0.39, 0.29) is 6.04 Å². The Balaban J connectivity index is 1.82. The van der Waals surface area contributed by atoms with Crippen molar-refractivity contribution >= 4 is 17.3 Å². The van der Waals surface area contributed by atoms with Gasteiger partial charge in [-0.15, -0.1) is 0 Å². The van der Waals surface area contributed by atoms with E-state index in [0.717, 1.165) is 36.2 Å². The van der Waals surface area contributed by atoms with Gasteiger partial charge in [-0.05, 0) is 42.3 Å². The third kappa shape index (κ3) is 2.80. The lowest BCUT2D eigenvalue weighted by molar-refractivity contribution is 0.321. The van der Waals surface area contributed by atoms with E-state index in [1.165, 1.54) is 29.5 Å². The van der Waals surface area contributed by atoms with Crippen molar-refractivity contribution in [3.05, 3.63) is 59.2 Å². The first kappa shape index (κ1) is 17.2. The zero-order chi connectivity index (χ0) is 18.1. The number of rotatable bonds is 3. The number of benzene rings is 2. The van der Waals surface area contributed by atoms with Gasteiger partial charge in [-0.3, -0.25) is 0 Å². The standard InChI is InChI=1S/C21H24N2O2S/c1-24-17-11-10-16-14-23(21(26)22-12-6-7-13-22)19(18(16)20(17)25-2)15-8-4-3-5-9-15/h3-5,8-11,19H,6-7,12-14H2,1-2H3. The third-order valence-electron chi connectivity index (χ3n) is 5.34. The number of ether oxygens (including phenoxy) is 2. The zero-order valence-corrected chi connectivity index (χ0v) is 16.1. The second kappa shape index (κ2) is 7.16. The van der Waals surface area contributed by atoms with Crippen LogP contribution in [-0.4, -0.2) is 42.2 Å². The average Bonchev–Trinajstić information content (AvgIpc) is 3.35. The lowest BCUT2D eigenvalue weighted by Crippen LogP contribution is -2.40. The largest absolute Gasteiger partial charge is 0.493 e. The van der Waals surface area contributed by atoms with E-state index in [1.54, 1.807) is 14.2 Å². The molecule has 2 heterocycles. The summed E-state index contributed by atoms with van der Waals surface area (Å²) in [6, 6.07) is 14.7. The fraction of sp³-hybridized carbons (Fsp3) is 0.381. The SMILES string of the molecule is COc1ccc2c(c1OC)C(c1ccccc1)N(C(=S)N1CCCC1)C2. The maximum atomic E-state index is 5.92. The Morgan fingerprint density at radius 3 is 2.38 bits per heavy atom. The van der Waals surface area contributed by atoms with Crippen LogP contribution in [-0.2, 0) is 6.54 Å². The van der Waals surface area contributed by atoms with Crippen molar-refractivity contribution in [3.8, 4) is 11.5 Å². The summed E-state index contributed by atoms with van der Waals surface area (Å²) < 4.78 is 11.3. The monoisotopic (exact) mass is 368 g/mol. The van der Waals surface area contributed by atoms with Crippen LogP contribution in [0.3, 0.4) is 0 Å². The van der Waals surface area contributed by atoms with Crippen LogP contribution in [0.1, 0.15) is 35.6 Å². The molecule has 2 aromatic rings. The molecule has 0 saturated carbocycles. The Bertz CT molecular complexity index is 803. The van der Waals surface area contributed by atoms with Gasteiger partial charge in [-0.25, -0.2) is 0 Å². The van der Waals surface area contributed by atoms with Crippen LogP contribution in [0.25, 0.3) is 0 Å². The third-order valence-corrected chi connectivity index (χ3v) is 5.83. The fourth-order valence-corrected chi connectivity index (χ4v) is 4.46. The van der Waals surface area contributed by atoms with Crippen LogP contribution in [0.5, 0.6) is 11.5 Å². The molecule has 2 aliphatic rings. The highest BCUT2D eigenvalue weighted by Crippen LogP contribution is 2.47. The van der Waals surface area contributed by atoms with Crippen LogP contribution < -0.4 is 9.47 Å². The molecule has 1 atom stereocenters. The summed E-state index contributed by atoms with van der Waals surface area (Å²) in [6.45, 7) is 2.89. The number of thiocarbonyl (C=S) groups is 1. The molecule has 4 rings (SSSR count). The molecule has 0 N–H and O–H groups in total. The maximum absolute atomic E-state index is 5.92. The first-order chi connectivity index (χ1) is 12.7. The average molecular weight is 369 g/mol. The number of nitrogens with zero attached hydrogens (tertiary/aromatic N) is 2. The van der Waals surface area contributed by atoms with E-state index in [0.29, 0.717) is 0 Å². The minimum Gasteiger partial charge on any atom is -0.493 e. The fourth-order valence-electron chi connectivity index (χ4n) is 4.11. The Labute approximate surface area is 160 Å². The smallest absolute Gasteiger partial charge is 0.172 e. The van der Waals surface area contributed by atoms with Gasteiger partial charge in [0.25, 0.3) is 0 Å². The molecular formula is C21H24N2O2S. The predicted octanol–water partition coefficient (Wildman–Crippen LogP) is 3.99. The minimum atomic E-state index is 0.0457. The molecule has 0 radical (unpaired) electrons. The Morgan fingerprint density at radius 2 is 1.73 bits per heavy atom. The molecular weight excluding hydrogens is 344 g/mol. The summed E-state index contributed by atoms with van der Waals surface area (Å²) in [5.41, 5.74) is 3.64. The molecule has 0 spiro atoms. The van der Waals surface area contributed by atoms with Gasteiger partial charge < -0.3 is 19.3 Å². The van der Waals surface area contributed by atoms with Crippen molar-refractivity contribution in [2.45, 2.75) is 25.4 Å². The van der Waals surface area contributed by atoms with Crippen molar-refractivity contribution in [1.29, 1.82) is 0 Å². The highest BCUT2D eigenvalue weighted by Gasteiger charge is 2.38. The second-order valence-electron chi connectivity index (χ2n) is 6.79. The van der Waals surface area contributed by atoms with Gasteiger partial charge in [0.15, 0.2) is 16.6 Å². The predicted molar refractivity (Wildman–Crippen MR) is 107 cm³/mol. The summed E-state index contributed by atoms with van der Waals surface area (Å²) in [6.07, 6.45) is 2.43. The number of fused-ring (bicyclic) bond motifs is 1. The number of hydrogen-bond acceptors (Lipinski definition) is 3. The molecule has 26 heavy (non-hydrogen) atoms. The Kier molecular flexibility index (Phi) is 4.72. The molecule has 0 aliphatic carbocycles. The van der Waals surface area contributed by atoms with Crippen LogP contribution in [0.4, 0.5) is 0 Å². The van der Waals surface area contributed by atoms with Crippen molar-refractivity contribution < 1.29 is 9.47 Å². The van der Waals surface area contributed by atoms with E-state index in [1.807, 2.05) is 12.1 Å². The van der Waals surface area contributed by atoms with Crippen LogP contribution in [0.2, 0.25) is 0 Å². The Hall–Kier alpha value is -2.27. The van der Waals surface area contributed by atoms with Crippen molar-refractivity contribution in [1.82, 2.24) is 9.80 Å². The van der Waals surface area contributed by atoms with Gasteiger partial charge in [0, 0.05) is 25.2 Å². The quantitative estimate of drug-likeness (QED) is 0.763. The summed E-state index contributed by atoms with van der Waals surface area (Å²) in [7, 11) is 3.39. The minimum absolute atomic E-state index is 0.0457. The number of likely N-dealkylation sites (tertiary alicyclic amines) is 1. The lowest BCUT2D eigenvalue weighted by atomic mass is 9.96. The topological polar surface area (TPSA) is 24.9 Å². The summed E-state index contributed by atoms with van der Waals surface area (Å²) >= 11 is 5.92. The van der Waals surface area contributed by atoms with Gasteiger partial charge in [0.2, 0.25) is 0 Å². The van der Waals surface area contributed by atoms with Crippen LogP contribution in [0.15, 0.2) is 42.5 Å². The maximum Gasteiger partial charge on any atom is 0.172 e. The van der Waals surface area contributed by atoms with E-state index < -0.39 is 0 Å². The van der Waals surface area contributed by atoms with Crippen molar-refractivity contribution in [2.24, 2.45) is 0 Å². The van der Waals surface area contributed by atoms with E-state index in [9.17, 15) is 0 Å². The number of hydrogen-bond donors (Lipinski definition) is 0. The summed E-state index contributed by atoms with van der Waals surface area (Å²) in [5, 5.41) is 0.938. The van der Waals surface area contributed by atoms with Gasteiger partial charge >= 0.3 is 0 Å². The highest BCUT2D eigenvalue weighted by molar-refractivity contribution is 7.80. The van der Waals surface area contributed by atoms with Gasteiger partial charge in [-0.1, -0.05) is 36.4 Å². The molecule has 2 aliphatic heterocycles. The molecule has 0 aromatic heterocycles. The van der Waals surface area contributed by atoms with Gasteiger partial charge in [-0.2, -0.15) is 0 Å². The number of methoxy groups -OCH3 is 2. The molecule has 2 aromatic carbocycles. The van der Waals surface area contributed by atoms with E-state index in [2.05, 4.69) is 40.1 Å². The van der Waals surface area contributed by atoms with Crippen LogP contribution in [0, 0.1) is 0 Å². The molecule has 1 unspecified atom stereocenters. The van der Waals surface area contributed by atoms with Gasteiger partial charge in [0.05, 0.1) is 20.3 Å². The summed E-state index contributed by atoms with van der Waals surface area (Å²) in [5.74, 6) is 1.58. The van der Waals surface area contributed by atoms with Crippen molar-refractivity contribution in [2.75, 3.05) is 27.3 Å². The molecule has 4 nitrogen and oxygen atoms in total. The van der Waals surface area contributed by atoms with Crippen molar-refractivity contribution in [3.63, 3.8) is 0 Å². The molecule has 5 heteroatoms. The highest BCUT2D eigenvalue weighted by atomic mass is 32.1. The molecule has 1 saturated heterocycles. The lowest BCUT2D eigenvalue weighted by Gasteiger charge is -2.33. The molecule has 0 amide bonds. The molecule has 0 bridgehead atoms. The normalized spacial score (nSPS) is 18.8. The zero-order valence-electron chi connectivity index (χ0n) is 15.3. The Morgan fingerprint density at radius 1 is 1.00 bits per heavy atom. The first-order valence-corrected chi connectivity index (χ1v) is 9.49. The van der Waals surface area contributed by atoms with E-state index >= 15 is 0 Å². The summed E-state index contributed by atoms with van der Waals surface area (Å²) in [4.78, 5) is 4.67. The molecule has 1 fully saturated rings. The van der Waals surface area contributed by atoms with Crippen LogP contribution >= 0.6 is 12.2 Å². The first-order valence-electron chi connectivity index (χ1n) is 9.09. The van der Waals surface area contributed by atoms with E-state index in [4.69, 9.17) is 21.7 Å². The second-order valence-corrected chi connectivity index (χ2v) is 7.16. The van der Waals surface area contributed by atoms with Gasteiger partial charge in [0.1, 0.15) is 0 Å².